The largest absolute Gasteiger partial charge is 0.480 e. The van der Waals surface area contributed by atoms with Crippen molar-refractivity contribution in [3.63, 3.8) is 0 Å². The monoisotopic (exact) mass is 278 g/mol. The first-order valence-corrected chi connectivity index (χ1v) is 5.21. The third kappa shape index (κ3) is 3.21. The summed E-state index contributed by atoms with van der Waals surface area (Å²) < 4.78 is 0. The lowest BCUT2D eigenvalue weighted by Gasteiger charge is -2.11. The second-order valence-electron chi connectivity index (χ2n) is 3.24. The topological polar surface area (TPSA) is 92.5 Å². The molecule has 0 bridgehead atoms. The molecule has 6 nitrogen and oxygen atoms in total. The Morgan fingerprint density at radius 2 is 2.00 bits per heavy atom. The van der Waals surface area contributed by atoms with Crippen molar-refractivity contribution in [2.24, 2.45) is 0 Å². The fourth-order valence-corrected chi connectivity index (χ4v) is 1.42. The first-order valence-electron chi connectivity index (χ1n) is 4.45. The van der Waals surface area contributed by atoms with E-state index in [1.54, 1.807) is 0 Å². The summed E-state index contributed by atoms with van der Waals surface area (Å²) in [5.41, 5.74) is -0.313. The molecule has 0 aromatic heterocycles. The maximum atomic E-state index is 10.8. The Hall–Kier alpha value is -1.53. The van der Waals surface area contributed by atoms with Crippen LogP contribution in [-0.2, 0) is 4.79 Å². The van der Waals surface area contributed by atoms with Crippen LogP contribution < -0.4 is 5.32 Å². The summed E-state index contributed by atoms with van der Waals surface area (Å²) in [5.74, 6) is -1.13. The lowest BCUT2D eigenvalue weighted by molar-refractivity contribution is -0.384. The number of carboxylic acids is 1. The number of benzene rings is 1. The molecule has 0 heterocycles. The second kappa shape index (κ2) is 5.20. The Kier molecular flexibility index (Phi) is 4.14. The average Bonchev–Trinajstić information content (AvgIpc) is 2.22. The van der Waals surface area contributed by atoms with Gasteiger partial charge < -0.3 is 10.4 Å². The number of hydrogen-bond acceptors (Lipinski definition) is 4. The smallest absolute Gasteiger partial charge is 0.325 e. The summed E-state index contributed by atoms with van der Waals surface area (Å²) in [6.45, 7) is 1.36. The molecular formula is C9H8Cl2N2O4. The average molecular weight is 279 g/mol. The Morgan fingerprint density at radius 1 is 1.47 bits per heavy atom. The molecule has 0 fully saturated rings. The van der Waals surface area contributed by atoms with Crippen molar-refractivity contribution in [2.45, 2.75) is 13.0 Å². The minimum atomic E-state index is -1.13. The highest BCUT2D eigenvalue weighted by molar-refractivity contribution is 6.42. The molecule has 0 aliphatic carbocycles. The molecule has 17 heavy (non-hydrogen) atoms. The van der Waals surface area contributed by atoms with E-state index < -0.39 is 16.9 Å². The number of rotatable bonds is 4. The minimum absolute atomic E-state index is 0.0132. The van der Waals surface area contributed by atoms with Gasteiger partial charge in [-0.2, -0.15) is 0 Å². The zero-order chi connectivity index (χ0) is 13.2. The van der Waals surface area contributed by atoms with Crippen molar-refractivity contribution >= 4 is 40.5 Å². The molecule has 1 aromatic carbocycles. The van der Waals surface area contributed by atoms with Crippen molar-refractivity contribution in [1.29, 1.82) is 0 Å². The van der Waals surface area contributed by atoms with Crippen LogP contribution in [0.4, 0.5) is 11.4 Å². The molecule has 0 amide bonds. The van der Waals surface area contributed by atoms with Crippen LogP contribution >= 0.6 is 23.2 Å². The van der Waals surface area contributed by atoms with Gasteiger partial charge in [0.25, 0.3) is 5.69 Å². The van der Waals surface area contributed by atoms with E-state index in [9.17, 15) is 14.9 Å². The number of carboxylic acid groups (broad SMARTS) is 1. The van der Waals surface area contributed by atoms with Crippen molar-refractivity contribution in [3.05, 3.63) is 32.3 Å². The van der Waals surface area contributed by atoms with E-state index in [4.69, 9.17) is 28.3 Å². The van der Waals surface area contributed by atoms with Gasteiger partial charge in [0.1, 0.15) is 11.7 Å². The van der Waals surface area contributed by atoms with Crippen molar-refractivity contribution in [1.82, 2.24) is 0 Å². The van der Waals surface area contributed by atoms with Crippen LogP contribution in [0, 0.1) is 10.1 Å². The number of nitrogens with one attached hydrogen (secondary N) is 1. The van der Waals surface area contributed by atoms with Gasteiger partial charge in [0, 0.05) is 6.07 Å². The van der Waals surface area contributed by atoms with E-state index in [0.29, 0.717) is 0 Å². The molecule has 8 heteroatoms. The number of anilines is 1. The molecular weight excluding hydrogens is 271 g/mol. The third-order valence-electron chi connectivity index (χ3n) is 1.98. The summed E-state index contributed by atoms with van der Waals surface area (Å²) in [6.07, 6.45) is 0. The molecule has 2 N–H and O–H groups in total. The molecule has 0 saturated carbocycles. The Morgan fingerprint density at radius 3 is 2.47 bits per heavy atom. The maximum Gasteiger partial charge on any atom is 0.325 e. The van der Waals surface area contributed by atoms with Crippen LogP contribution in [0.15, 0.2) is 12.1 Å². The number of hydrogen-bond donors (Lipinski definition) is 2. The molecule has 0 aliphatic heterocycles. The molecule has 1 unspecified atom stereocenters. The Labute approximate surface area is 106 Å². The quantitative estimate of drug-likeness (QED) is 0.653. The lowest BCUT2D eigenvalue weighted by atomic mass is 10.2. The molecule has 0 spiro atoms. The van der Waals surface area contributed by atoms with Gasteiger partial charge in [-0.05, 0) is 13.0 Å². The van der Waals surface area contributed by atoms with E-state index >= 15 is 0 Å². The number of nitro groups is 1. The highest BCUT2D eigenvalue weighted by Gasteiger charge is 2.20. The summed E-state index contributed by atoms with van der Waals surface area (Å²) in [5, 5.41) is 22.1. The van der Waals surface area contributed by atoms with E-state index in [-0.39, 0.29) is 21.4 Å². The first kappa shape index (κ1) is 13.5. The van der Waals surface area contributed by atoms with E-state index in [1.165, 1.54) is 13.0 Å². The summed E-state index contributed by atoms with van der Waals surface area (Å²) in [7, 11) is 0. The first-order chi connectivity index (χ1) is 7.82. The van der Waals surface area contributed by atoms with Gasteiger partial charge in [0.15, 0.2) is 0 Å². The van der Waals surface area contributed by atoms with E-state index in [2.05, 4.69) is 5.32 Å². The third-order valence-corrected chi connectivity index (χ3v) is 2.70. The standard InChI is InChI=1S/C9H8Cl2N2O4/c1-4(9(14)15)12-7-2-5(10)6(11)3-8(7)13(16)17/h2-4,12H,1H3,(H,14,15). The highest BCUT2D eigenvalue weighted by Crippen LogP contribution is 2.34. The lowest BCUT2D eigenvalue weighted by Crippen LogP contribution is -2.25. The van der Waals surface area contributed by atoms with Gasteiger partial charge in [-0.3, -0.25) is 14.9 Å². The SMILES string of the molecule is CC(Nc1cc(Cl)c(Cl)cc1[N+](=O)[O-])C(=O)O. The second-order valence-corrected chi connectivity index (χ2v) is 4.06. The molecule has 0 saturated heterocycles. The van der Waals surface area contributed by atoms with Gasteiger partial charge in [-0.25, -0.2) is 0 Å². The summed E-state index contributed by atoms with van der Waals surface area (Å²) in [6, 6.07) is 1.31. The predicted octanol–water partition coefficient (Wildman–Crippen LogP) is 2.79. The number of halogens is 2. The van der Waals surface area contributed by atoms with E-state index in [1.807, 2.05) is 0 Å². The van der Waals surface area contributed by atoms with Crippen molar-refractivity contribution in [2.75, 3.05) is 5.32 Å². The highest BCUT2D eigenvalue weighted by atomic mass is 35.5. The van der Waals surface area contributed by atoms with Gasteiger partial charge >= 0.3 is 5.97 Å². The predicted molar refractivity (Wildman–Crippen MR) is 63.8 cm³/mol. The fraction of sp³-hybridized carbons (Fsp3) is 0.222. The van der Waals surface area contributed by atoms with E-state index in [0.717, 1.165) is 6.07 Å². The van der Waals surface area contributed by atoms with Gasteiger partial charge in [-0.15, -0.1) is 0 Å². The zero-order valence-corrected chi connectivity index (χ0v) is 10.1. The zero-order valence-electron chi connectivity index (χ0n) is 8.61. The van der Waals surface area contributed by atoms with Gasteiger partial charge in [-0.1, -0.05) is 23.2 Å². The van der Waals surface area contributed by atoms with Crippen molar-refractivity contribution < 1.29 is 14.8 Å². The van der Waals surface area contributed by atoms with Crippen LogP contribution in [-0.4, -0.2) is 22.0 Å². The number of nitro benzene ring substituents is 1. The van der Waals surface area contributed by atoms with Gasteiger partial charge in [0.2, 0.25) is 0 Å². The Bertz CT molecular complexity index is 478. The fourth-order valence-electron chi connectivity index (χ4n) is 1.10. The van der Waals surface area contributed by atoms with Gasteiger partial charge in [0.05, 0.1) is 15.0 Å². The van der Waals surface area contributed by atoms with Crippen LogP contribution in [0.25, 0.3) is 0 Å². The number of nitrogens with zero attached hydrogens (tertiary/aromatic N) is 1. The van der Waals surface area contributed by atoms with Crippen LogP contribution in [0.3, 0.4) is 0 Å². The molecule has 1 aromatic rings. The normalized spacial score (nSPS) is 11.9. The minimum Gasteiger partial charge on any atom is -0.480 e. The molecule has 92 valence electrons. The summed E-state index contributed by atoms with van der Waals surface area (Å²) >= 11 is 11.4. The Balaban J connectivity index is 3.17. The number of carbonyl (C=O) groups is 1. The van der Waals surface area contributed by atoms with Crippen LogP contribution in [0.1, 0.15) is 6.92 Å². The molecule has 0 aliphatic rings. The summed E-state index contributed by atoms with van der Waals surface area (Å²) in [4.78, 5) is 20.7. The molecule has 0 radical (unpaired) electrons. The molecule has 1 atom stereocenters. The van der Waals surface area contributed by atoms with Crippen LogP contribution in [0.5, 0.6) is 0 Å². The van der Waals surface area contributed by atoms with Crippen molar-refractivity contribution in [3.8, 4) is 0 Å². The molecule has 1 rings (SSSR count). The van der Waals surface area contributed by atoms with Crippen LogP contribution in [0.2, 0.25) is 10.0 Å². The number of aliphatic carboxylic acids is 1. The maximum absolute atomic E-state index is 10.8.